The summed E-state index contributed by atoms with van der Waals surface area (Å²) in [5.41, 5.74) is 0.318. The molecule has 2 aromatic heterocycles. The Morgan fingerprint density at radius 3 is 2.63 bits per heavy atom. The second-order valence-electron chi connectivity index (χ2n) is 5.26. The Hall–Kier alpha value is -3.62. The van der Waals surface area contributed by atoms with Crippen molar-refractivity contribution in [2.24, 2.45) is 0 Å². The highest BCUT2D eigenvalue weighted by Crippen LogP contribution is 2.37. The fourth-order valence-corrected chi connectivity index (χ4v) is 2.42. The van der Waals surface area contributed by atoms with Gasteiger partial charge in [-0.2, -0.15) is 0 Å². The maximum Gasteiger partial charge on any atom is 0.254 e. The van der Waals surface area contributed by atoms with E-state index in [0.717, 1.165) is 24.5 Å². The quantitative estimate of drug-likeness (QED) is 0.714. The molecule has 1 amide bonds. The fourth-order valence-electron chi connectivity index (χ4n) is 2.42. The van der Waals surface area contributed by atoms with E-state index in [2.05, 4.69) is 20.3 Å². The maximum atomic E-state index is 14.3. The molecule has 0 aliphatic heterocycles. The number of nitrogens with zero attached hydrogens (tertiary/aromatic N) is 3. The third-order valence-corrected chi connectivity index (χ3v) is 3.57. The van der Waals surface area contributed by atoms with Crippen LogP contribution < -0.4 is 15.4 Å². The Balaban J connectivity index is 2.04. The van der Waals surface area contributed by atoms with Crippen molar-refractivity contribution in [3.63, 3.8) is 0 Å². The lowest BCUT2D eigenvalue weighted by Gasteiger charge is -2.16. The number of methoxy groups -OCH3 is 1. The van der Waals surface area contributed by atoms with Crippen LogP contribution in [-0.4, -0.2) is 34.9 Å². The van der Waals surface area contributed by atoms with E-state index in [1.165, 1.54) is 25.6 Å². The van der Waals surface area contributed by atoms with Crippen LogP contribution in [0.25, 0.3) is 11.4 Å². The number of amides is 1. The van der Waals surface area contributed by atoms with Crippen molar-refractivity contribution in [2.45, 2.75) is 0 Å². The number of benzene rings is 1. The number of carbonyl (C=O) groups excluding carboxylic acids is 1. The highest BCUT2D eigenvalue weighted by Gasteiger charge is 2.18. The monoisotopic (exact) mass is 374 g/mol. The normalized spacial score (nSPS) is 12.5. The number of ether oxygens (including phenoxy) is 1. The number of halogens is 2. The van der Waals surface area contributed by atoms with E-state index in [0.29, 0.717) is 0 Å². The van der Waals surface area contributed by atoms with Crippen molar-refractivity contribution in [3.8, 4) is 17.1 Å². The number of anilines is 2. The summed E-state index contributed by atoms with van der Waals surface area (Å²) in [7, 11) is 1.33. The minimum Gasteiger partial charge on any atom is -0.494 e. The molecule has 2 heterocycles. The van der Waals surface area contributed by atoms with Crippen LogP contribution in [0.2, 0.25) is 0 Å². The van der Waals surface area contributed by atoms with Crippen LogP contribution in [0.3, 0.4) is 0 Å². The second-order valence-corrected chi connectivity index (χ2v) is 5.26. The van der Waals surface area contributed by atoms with Crippen molar-refractivity contribution in [1.82, 2.24) is 20.3 Å². The molecule has 3 rings (SSSR count). The topological polar surface area (TPSA) is 89.0 Å². The number of hydrogen-bond donors (Lipinski definition) is 2. The molecule has 0 fully saturated rings. The van der Waals surface area contributed by atoms with Crippen molar-refractivity contribution in [2.75, 3.05) is 19.4 Å². The average Bonchev–Trinajstić information content (AvgIpc) is 2.67. The van der Waals surface area contributed by atoms with Crippen molar-refractivity contribution in [1.29, 1.82) is 0 Å². The zero-order chi connectivity index (χ0) is 21.9. The van der Waals surface area contributed by atoms with Gasteiger partial charge in [-0.1, -0.05) is 0 Å². The molecule has 0 bridgehead atoms. The first-order chi connectivity index (χ1) is 14.2. The molecule has 138 valence electrons. The first-order valence-corrected chi connectivity index (χ1v) is 7.57. The van der Waals surface area contributed by atoms with Gasteiger partial charge in [0.1, 0.15) is 5.82 Å². The average molecular weight is 374 g/mol. The van der Waals surface area contributed by atoms with E-state index in [9.17, 15) is 13.6 Å². The Kier molecular flexibility index (Phi) is 4.16. The summed E-state index contributed by atoms with van der Waals surface area (Å²) in [4.78, 5) is 23.8. The molecule has 7 nitrogen and oxygen atoms in total. The van der Waals surface area contributed by atoms with E-state index < -0.39 is 24.5 Å². The van der Waals surface area contributed by atoms with Gasteiger partial charge < -0.3 is 15.4 Å². The summed E-state index contributed by atoms with van der Waals surface area (Å²) in [5, 5.41) is 4.71. The van der Waals surface area contributed by atoms with Gasteiger partial charge in [0.15, 0.2) is 17.4 Å². The lowest BCUT2D eigenvalue weighted by atomic mass is 10.1. The molecule has 0 unspecified atom stereocenters. The predicted molar refractivity (Wildman–Crippen MR) is 94.8 cm³/mol. The molecule has 0 atom stereocenters. The smallest absolute Gasteiger partial charge is 0.254 e. The molecule has 27 heavy (non-hydrogen) atoms. The maximum absolute atomic E-state index is 14.3. The molecule has 2 N–H and O–H groups in total. The molecular weight excluding hydrogens is 356 g/mol. The van der Waals surface area contributed by atoms with Crippen molar-refractivity contribution < 1.29 is 22.4 Å². The molecule has 0 aliphatic rings. The lowest BCUT2D eigenvalue weighted by Crippen LogP contribution is -2.19. The van der Waals surface area contributed by atoms with Gasteiger partial charge in [0.25, 0.3) is 5.91 Å². The number of pyridine rings is 1. The van der Waals surface area contributed by atoms with Crippen LogP contribution in [0.4, 0.5) is 20.2 Å². The number of carbonyl (C=O) groups is 1. The zero-order valence-electron chi connectivity index (χ0n) is 17.0. The van der Waals surface area contributed by atoms with Crippen molar-refractivity contribution >= 4 is 17.3 Å². The summed E-state index contributed by atoms with van der Waals surface area (Å²) in [6, 6.07) is 3.64. The molecule has 3 aromatic rings. The minimum absolute atomic E-state index is 0.0193. The Morgan fingerprint density at radius 2 is 1.93 bits per heavy atom. The zero-order valence-corrected chi connectivity index (χ0v) is 14.0. The van der Waals surface area contributed by atoms with Crippen LogP contribution in [0, 0.1) is 11.6 Å². The molecule has 0 spiro atoms. The first-order valence-electron chi connectivity index (χ1n) is 9.07. The minimum atomic E-state index is -2.70. The van der Waals surface area contributed by atoms with Gasteiger partial charge in [-0.25, -0.2) is 18.7 Å². The summed E-state index contributed by atoms with van der Waals surface area (Å²) in [6.07, 6.45) is 4.39. The first kappa shape index (κ1) is 14.5. The van der Waals surface area contributed by atoms with E-state index in [4.69, 9.17) is 8.85 Å². The summed E-state index contributed by atoms with van der Waals surface area (Å²) < 4.78 is 54.4. The Bertz CT molecular complexity index is 1080. The second kappa shape index (κ2) is 7.73. The van der Waals surface area contributed by atoms with E-state index in [1.54, 1.807) is 0 Å². The Morgan fingerprint density at radius 1 is 1.15 bits per heavy atom. The van der Waals surface area contributed by atoms with Gasteiger partial charge in [-0.3, -0.25) is 9.78 Å². The van der Waals surface area contributed by atoms with E-state index in [1.807, 2.05) is 5.32 Å². The van der Waals surface area contributed by atoms with Gasteiger partial charge in [0.05, 0.1) is 42.0 Å². The number of nitrogens with one attached hydrogen (secondary N) is 2. The molecule has 0 saturated carbocycles. The van der Waals surface area contributed by atoms with Crippen LogP contribution in [0.15, 0.2) is 43.0 Å². The molecule has 0 radical (unpaired) electrons. The Labute approximate surface area is 157 Å². The van der Waals surface area contributed by atoms with Gasteiger partial charge in [-0.15, -0.1) is 0 Å². The van der Waals surface area contributed by atoms with E-state index in [-0.39, 0.29) is 34.1 Å². The molecular formula is C18H15F2N5O2. The SMILES string of the molecule is [2H]C([2H])([2H])NC(=O)c1cnccc1Nc1cc(F)cc(-c2ncc(F)cn2)c1OC. The van der Waals surface area contributed by atoms with Gasteiger partial charge in [-0.05, 0) is 12.1 Å². The van der Waals surface area contributed by atoms with E-state index >= 15 is 0 Å². The van der Waals surface area contributed by atoms with Gasteiger partial charge in [0, 0.05) is 29.5 Å². The predicted octanol–water partition coefficient (Wildman–Crippen LogP) is 2.93. The fraction of sp³-hybridized carbons (Fsp3) is 0.111. The standard InChI is InChI=1S/C18H15F2N5O2/c1-21-18(26)13-9-22-4-3-14(13)25-15-6-10(19)5-12(16(15)27-2)17-23-7-11(20)8-24-17/h3-9H,1-2H3,(H,21,26)(H,22,25)/i1D3. The lowest BCUT2D eigenvalue weighted by molar-refractivity contribution is 0.0963. The largest absolute Gasteiger partial charge is 0.494 e. The molecule has 0 saturated heterocycles. The highest BCUT2D eigenvalue weighted by molar-refractivity contribution is 6.00. The molecule has 9 heteroatoms. The third kappa shape index (κ3) is 3.81. The van der Waals surface area contributed by atoms with Gasteiger partial charge >= 0.3 is 0 Å². The number of aromatic nitrogens is 3. The van der Waals surface area contributed by atoms with Crippen molar-refractivity contribution in [3.05, 3.63) is 60.2 Å². The number of hydrogen-bond acceptors (Lipinski definition) is 6. The number of rotatable bonds is 5. The summed E-state index contributed by atoms with van der Waals surface area (Å²) in [6.45, 7) is -2.70. The molecule has 0 aliphatic carbocycles. The van der Waals surface area contributed by atoms with Crippen LogP contribution in [0.1, 0.15) is 14.5 Å². The van der Waals surface area contributed by atoms with Crippen LogP contribution in [-0.2, 0) is 0 Å². The van der Waals surface area contributed by atoms with Gasteiger partial charge in [0.2, 0.25) is 0 Å². The van der Waals surface area contributed by atoms with Crippen LogP contribution >= 0.6 is 0 Å². The summed E-state index contributed by atoms with van der Waals surface area (Å²) >= 11 is 0. The van der Waals surface area contributed by atoms with Crippen LogP contribution in [0.5, 0.6) is 5.75 Å². The molecule has 1 aromatic carbocycles. The highest BCUT2D eigenvalue weighted by atomic mass is 19.1. The third-order valence-electron chi connectivity index (χ3n) is 3.57. The summed E-state index contributed by atoms with van der Waals surface area (Å²) in [5.74, 6) is -2.09.